The van der Waals surface area contributed by atoms with Gasteiger partial charge in [0.1, 0.15) is 5.82 Å². The maximum atomic E-state index is 13.5. The summed E-state index contributed by atoms with van der Waals surface area (Å²) < 4.78 is 13.5. The number of hydrogen-bond acceptors (Lipinski definition) is 1. The fourth-order valence-corrected chi connectivity index (χ4v) is 3.14. The summed E-state index contributed by atoms with van der Waals surface area (Å²) in [5.41, 5.74) is 1.97. The molecule has 0 spiro atoms. The van der Waals surface area contributed by atoms with Crippen LogP contribution in [-0.4, -0.2) is 6.54 Å². The molecule has 0 bridgehead atoms. The van der Waals surface area contributed by atoms with Gasteiger partial charge >= 0.3 is 0 Å². The Kier molecular flexibility index (Phi) is 2.15. The van der Waals surface area contributed by atoms with Crippen LogP contribution in [0.15, 0.2) is 18.2 Å². The van der Waals surface area contributed by atoms with Gasteiger partial charge in [0.05, 0.1) is 5.69 Å². The monoisotopic (exact) mass is 205 g/mol. The first kappa shape index (κ1) is 9.20. The molecular weight excluding hydrogens is 189 g/mol. The van der Waals surface area contributed by atoms with Gasteiger partial charge < -0.3 is 5.32 Å². The lowest BCUT2D eigenvalue weighted by Gasteiger charge is -2.17. The van der Waals surface area contributed by atoms with Crippen LogP contribution < -0.4 is 5.32 Å². The Morgan fingerprint density at radius 2 is 2.00 bits per heavy atom. The second-order valence-electron chi connectivity index (χ2n) is 4.74. The number of benzene rings is 1. The highest BCUT2D eigenvalue weighted by Gasteiger charge is 2.32. The van der Waals surface area contributed by atoms with Crippen molar-refractivity contribution in [2.75, 3.05) is 11.9 Å². The van der Waals surface area contributed by atoms with Crippen molar-refractivity contribution in [2.45, 2.75) is 31.6 Å². The topological polar surface area (TPSA) is 12.0 Å². The predicted molar refractivity (Wildman–Crippen MR) is 59.6 cm³/mol. The summed E-state index contributed by atoms with van der Waals surface area (Å²) in [5.74, 6) is 1.24. The van der Waals surface area contributed by atoms with Gasteiger partial charge in [-0.3, -0.25) is 0 Å². The lowest BCUT2D eigenvalue weighted by Crippen LogP contribution is -2.11. The first-order valence-electron chi connectivity index (χ1n) is 5.88. The van der Waals surface area contributed by atoms with Crippen molar-refractivity contribution in [1.82, 2.24) is 0 Å². The Bertz CT molecular complexity index is 369. The molecule has 15 heavy (non-hydrogen) atoms. The van der Waals surface area contributed by atoms with Crippen molar-refractivity contribution in [1.29, 1.82) is 0 Å². The van der Waals surface area contributed by atoms with E-state index in [-0.39, 0.29) is 5.82 Å². The standard InChI is InChI=1S/C13H16FN/c14-12-7-3-6-10-11(8-15-13(10)12)9-4-1-2-5-9/h3,6-7,9,11,15H,1-2,4-5,8H2. The molecule has 1 N–H and O–H groups in total. The van der Waals surface area contributed by atoms with Crippen molar-refractivity contribution in [3.63, 3.8) is 0 Å². The van der Waals surface area contributed by atoms with Crippen LogP contribution in [0.5, 0.6) is 0 Å². The van der Waals surface area contributed by atoms with E-state index in [1.54, 1.807) is 6.07 Å². The summed E-state index contributed by atoms with van der Waals surface area (Å²) in [6.07, 6.45) is 5.35. The molecule has 1 aliphatic carbocycles. The zero-order valence-electron chi connectivity index (χ0n) is 8.80. The third-order valence-corrected chi connectivity index (χ3v) is 3.91. The van der Waals surface area contributed by atoms with Crippen molar-refractivity contribution in [2.24, 2.45) is 5.92 Å². The Balaban J connectivity index is 1.94. The first-order chi connectivity index (χ1) is 7.36. The van der Waals surface area contributed by atoms with Gasteiger partial charge in [0.15, 0.2) is 0 Å². The molecule has 2 heteroatoms. The van der Waals surface area contributed by atoms with E-state index in [9.17, 15) is 4.39 Å². The van der Waals surface area contributed by atoms with E-state index in [0.717, 1.165) is 18.2 Å². The molecule has 1 saturated carbocycles. The highest BCUT2D eigenvalue weighted by Crippen LogP contribution is 2.43. The Hall–Kier alpha value is -1.05. The highest BCUT2D eigenvalue weighted by atomic mass is 19.1. The van der Waals surface area contributed by atoms with Gasteiger partial charge in [0.2, 0.25) is 0 Å². The molecule has 1 heterocycles. The van der Waals surface area contributed by atoms with Crippen LogP contribution in [0.25, 0.3) is 0 Å². The fraction of sp³-hybridized carbons (Fsp3) is 0.538. The molecule has 80 valence electrons. The molecule has 1 fully saturated rings. The molecule has 1 unspecified atom stereocenters. The summed E-state index contributed by atoms with van der Waals surface area (Å²) in [7, 11) is 0. The van der Waals surface area contributed by atoms with E-state index in [1.165, 1.54) is 31.2 Å². The molecule has 1 aromatic carbocycles. The number of nitrogens with one attached hydrogen (secondary N) is 1. The van der Waals surface area contributed by atoms with Gasteiger partial charge in [-0.05, 0) is 30.4 Å². The number of anilines is 1. The number of para-hydroxylation sites is 1. The lowest BCUT2D eigenvalue weighted by molar-refractivity contribution is 0.460. The summed E-state index contributed by atoms with van der Waals surface area (Å²) in [4.78, 5) is 0. The summed E-state index contributed by atoms with van der Waals surface area (Å²) in [6.45, 7) is 0.931. The third kappa shape index (κ3) is 1.43. The van der Waals surface area contributed by atoms with E-state index >= 15 is 0 Å². The average molecular weight is 205 g/mol. The minimum atomic E-state index is -0.0898. The molecule has 1 atom stereocenters. The van der Waals surface area contributed by atoms with Crippen LogP contribution in [0, 0.1) is 11.7 Å². The van der Waals surface area contributed by atoms with E-state index in [1.807, 2.05) is 6.07 Å². The van der Waals surface area contributed by atoms with Gasteiger partial charge in [0.25, 0.3) is 0 Å². The van der Waals surface area contributed by atoms with E-state index in [0.29, 0.717) is 5.92 Å². The van der Waals surface area contributed by atoms with Gasteiger partial charge in [-0.1, -0.05) is 25.0 Å². The summed E-state index contributed by atoms with van der Waals surface area (Å²) >= 11 is 0. The third-order valence-electron chi connectivity index (χ3n) is 3.91. The minimum absolute atomic E-state index is 0.0898. The summed E-state index contributed by atoms with van der Waals surface area (Å²) in [6, 6.07) is 5.47. The molecular formula is C13H16FN. The molecule has 0 amide bonds. The smallest absolute Gasteiger partial charge is 0.146 e. The van der Waals surface area contributed by atoms with Gasteiger partial charge in [-0.2, -0.15) is 0 Å². The molecule has 1 nitrogen and oxygen atoms in total. The second-order valence-corrected chi connectivity index (χ2v) is 4.74. The van der Waals surface area contributed by atoms with Crippen LogP contribution >= 0.6 is 0 Å². The molecule has 0 radical (unpaired) electrons. The van der Waals surface area contributed by atoms with Gasteiger partial charge in [-0.25, -0.2) is 4.39 Å². The molecule has 1 aliphatic heterocycles. The Morgan fingerprint density at radius 3 is 2.80 bits per heavy atom. The maximum absolute atomic E-state index is 13.5. The van der Waals surface area contributed by atoms with Crippen LogP contribution in [0.3, 0.4) is 0 Å². The van der Waals surface area contributed by atoms with Crippen LogP contribution in [0.1, 0.15) is 37.2 Å². The van der Waals surface area contributed by atoms with E-state index in [2.05, 4.69) is 11.4 Å². The fourth-order valence-electron chi connectivity index (χ4n) is 3.14. The minimum Gasteiger partial charge on any atom is -0.382 e. The zero-order valence-corrected chi connectivity index (χ0v) is 8.80. The highest BCUT2D eigenvalue weighted by molar-refractivity contribution is 5.58. The van der Waals surface area contributed by atoms with E-state index < -0.39 is 0 Å². The Morgan fingerprint density at radius 1 is 1.20 bits per heavy atom. The van der Waals surface area contributed by atoms with E-state index in [4.69, 9.17) is 0 Å². The molecule has 3 rings (SSSR count). The Labute approximate surface area is 89.7 Å². The van der Waals surface area contributed by atoms with Crippen LogP contribution in [-0.2, 0) is 0 Å². The summed E-state index contributed by atoms with van der Waals surface area (Å²) in [5, 5.41) is 3.22. The number of hydrogen-bond donors (Lipinski definition) is 1. The normalized spacial score (nSPS) is 25.3. The molecule has 1 aromatic rings. The van der Waals surface area contributed by atoms with Crippen molar-refractivity contribution in [3.8, 4) is 0 Å². The van der Waals surface area contributed by atoms with Crippen LogP contribution in [0.2, 0.25) is 0 Å². The number of fused-ring (bicyclic) bond motifs is 1. The van der Waals surface area contributed by atoms with Crippen LogP contribution in [0.4, 0.5) is 10.1 Å². The molecule has 0 aromatic heterocycles. The predicted octanol–water partition coefficient (Wildman–Crippen LogP) is 3.53. The quantitative estimate of drug-likeness (QED) is 0.739. The average Bonchev–Trinajstić information content (AvgIpc) is 2.85. The van der Waals surface area contributed by atoms with Gasteiger partial charge in [-0.15, -0.1) is 0 Å². The molecule has 0 saturated heterocycles. The lowest BCUT2D eigenvalue weighted by atomic mass is 9.86. The van der Waals surface area contributed by atoms with Crippen molar-refractivity contribution < 1.29 is 4.39 Å². The number of halogens is 1. The van der Waals surface area contributed by atoms with Crippen molar-refractivity contribution >= 4 is 5.69 Å². The first-order valence-corrected chi connectivity index (χ1v) is 5.88. The molecule has 2 aliphatic rings. The van der Waals surface area contributed by atoms with Gasteiger partial charge in [0, 0.05) is 12.5 Å². The second kappa shape index (κ2) is 3.51. The number of rotatable bonds is 1. The van der Waals surface area contributed by atoms with Crippen molar-refractivity contribution in [3.05, 3.63) is 29.6 Å². The SMILES string of the molecule is Fc1cccc2c1NCC2C1CCCC1. The maximum Gasteiger partial charge on any atom is 0.146 e. The zero-order chi connectivity index (χ0) is 10.3. The largest absolute Gasteiger partial charge is 0.382 e.